The van der Waals surface area contributed by atoms with Gasteiger partial charge in [-0.15, -0.1) is 0 Å². The monoisotopic (exact) mass is 216 g/mol. The normalized spacial score (nSPS) is 14.7. The van der Waals surface area contributed by atoms with Crippen LogP contribution in [0.3, 0.4) is 0 Å². The van der Waals surface area contributed by atoms with E-state index < -0.39 is 0 Å². The molecule has 0 radical (unpaired) electrons. The van der Waals surface area contributed by atoms with E-state index in [-0.39, 0.29) is 18.0 Å². The Morgan fingerprint density at radius 2 is 2.07 bits per heavy atom. The summed E-state index contributed by atoms with van der Waals surface area (Å²) in [4.78, 5) is 13.7. The Morgan fingerprint density at radius 3 is 2.47 bits per heavy atom. The predicted molar refractivity (Wildman–Crippen MR) is 61.6 cm³/mol. The van der Waals surface area contributed by atoms with Gasteiger partial charge in [-0.05, 0) is 20.3 Å². The average molecular weight is 216 g/mol. The molecular weight excluding hydrogens is 192 g/mol. The molecule has 0 saturated heterocycles. The lowest BCUT2D eigenvalue weighted by molar-refractivity contribution is -0.134. The maximum atomic E-state index is 11.9. The first-order chi connectivity index (χ1) is 7.06. The van der Waals surface area contributed by atoms with Gasteiger partial charge in [-0.25, -0.2) is 0 Å². The minimum absolute atomic E-state index is 0.0266. The molecule has 0 spiro atoms. The van der Waals surface area contributed by atoms with Gasteiger partial charge in [-0.1, -0.05) is 6.92 Å². The first kappa shape index (κ1) is 14.4. The minimum Gasteiger partial charge on any atom is -0.383 e. The molecule has 4 nitrogen and oxygen atoms in total. The summed E-state index contributed by atoms with van der Waals surface area (Å²) in [6.07, 6.45) is 1.26. The summed E-state index contributed by atoms with van der Waals surface area (Å²) in [5, 5.41) is 0. The minimum atomic E-state index is -0.0266. The van der Waals surface area contributed by atoms with E-state index in [0.717, 1.165) is 6.42 Å². The van der Waals surface area contributed by atoms with Gasteiger partial charge in [0.15, 0.2) is 0 Å². The van der Waals surface area contributed by atoms with E-state index in [2.05, 4.69) is 0 Å². The van der Waals surface area contributed by atoms with Crippen LogP contribution in [0.4, 0.5) is 0 Å². The third-order valence-corrected chi connectivity index (χ3v) is 2.56. The van der Waals surface area contributed by atoms with Crippen LogP contribution in [0.5, 0.6) is 0 Å². The molecule has 0 aromatic carbocycles. The Kier molecular flexibility index (Phi) is 7.34. The fraction of sp³-hybridized carbons (Fsp3) is 0.909. The molecule has 0 aliphatic rings. The highest BCUT2D eigenvalue weighted by molar-refractivity contribution is 5.77. The van der Waals surface area contributed by atoms with Crippen LogP contribution in [-0.4, -0.2) is 43.2 Å². The van der Waals surface area contributed by atoms with Crippen LogP contribution in [0.25, 0.3) is 0 Å². The Bertz CT molecular complexity index is 185. The number of nitrogens with zero attached hydrogens (tertiary/aromatic N) is 1. The summed E-state index contributed by atoms with van der Waals surface area (Å²) in [5.74, 6) is 0.122. The fourth-order valence-electron chi connectivity index (χ4n) is 1.55. The van der Waals surface area contributed by atoms with Crippen molar-refractivity contribution in [3.63, 3.8) is 0 Å². The average Bonchev–Trinajstić information content (AvgIpc) is 2.19. The van der Waals surface area contributed by atoms with E-state index in [0.29, 0.717) is 19.6 Å². The second-order valence-electron chi connectivity index (χ2n) is 3.86. The lowest BCUT2D eigenvalue weighted by Gasteiger charge is -2.28. The van der Waals surface area contributed by atoms with Gasteiger partial charge in [0.05, 0.1) is 12.6 Å². The highest BCUT2D eigenvalue weighted by atomic mass is 16.5. The number of methoxy groups -OCH3 is 1. The Labute approximate surface area is 92.8 Å². The van der Waals surface area contributed by atoms with Crippen molar-refractivity contribution >= 4 is 5.91 Å². The van der Waals surface area contributed by atoms with Crippen LogP contribution < -0.4 is 5.73 Å². The van der Waals surface area contributed by atoms with Gasteiger partial charge in [0.2, 0.25) is 5.91 Å². The van der Waals surface area contributed by atoms with Crippen molar-refractivity contribution in [1.29, 1.82) is 0 Å². The van der Waals surface area contributed by atoms with E-state index in [1.165, 1.54) is 0 Å². The zero-order valence-corrected chi connectivity index (χ0v) is 10.3. The molecule has 0 rings (SSSR count). The van der Waals surface area contributed by atoms with Crippen molar-refractivity contribution in [3.8, 4) is 0 Å². The molecule has 2 N–H and O–H groups in total. The molecule has 0 fully saturated rings. The third kappa shape index (κ3) is 5.14. The van der Waals surface area contributed by atoms with E-state index in [1.807, 2.05) is 25.7 Å². The van der Waals surface area contributed by atoms with Crippen LogP contribution >= 0.6 is 0 Å². The zero-order chi connectivity index (χ0) is 11.8. The van der Waals surface area contributed by atoms with Crippen molar-refractivity contribution in [2.24, 2.45) is 5.73 Å². The molecular formula is C11H24N2O2. The SMILES string of the molecule is CCC(N)CC(=O)N(CC)C(C)COC. The quantitative estimate of drug-likeness (QED) is 0.690. The lowest BCUT2D eigenvalue weighted by atomic mass is 10.1. The number of ether oxygens (including phenoxy) is 1. The van der Waals surface area contributed by atoms with Crippen LogP contribution in [0, 0.1) is 0 Å². The second-order valence-corrected chi connectivity index (χ2v) is 3.86. The van der Waals surface area contributed by atoms with Crippen molar-refractivity contribution in [1.82, 2.24) is 4.90 Å². The fourth-order valence-corrected chi connectivity index (χ4v) is 1.55. The van der Waals surface area contributed by atoms with E-state index in [9.17, 15) is 4.79 Å². The topological polar surface area (TPSA) is 55.6 Å². The smallest absolute Gasteiger partial charge is 0.224 e. The standard InChI is InChI=1S/C11H24N2O2/c1-5-10(12)7-11(14)13(6-2)9(3)8-15-4/h9-10H,5-8,12H2,1-4H3. The van der Waals surface area contributed by atoms with Gasteiger partial charge >= 0.3 is 0 Å². The number of likely N-dealkylation sites (N-methyl/N-ethyl adjacent to an activating group) is 1. The number of carbonyl (C=O) groups excluding carboxylic acids is 1. The largest absolute Gasteiger partial charge is 0.383 e. The molecule has 0 aliphatic carbocycles. The molecule has 0 bridgehead atoms. The van der Waals surface area contributed by atoms with E-state index >= 15 is 0 Å². The van der Waals surface area contributed by atoms with E-state index in [4.69, 9.17) is 10.5 Å². The van der Waals surface area contributed by atoms with Crippen molar-refractivity contribution in [3.05, 3.63) is 0 Å². The summed E-state index contributed by atoms with van der Waals surface area (Å²) < 4.78 is 5.04. The molecule has 90 valence electrons. The molecule has 0 aliphatic heterocycles. The maximum Gasteiger partial charge on any atom is 0.224 e. The van der Waals surface area contributed by atoms with Crippen molar-refractivity contribution in [2.75, 3.05) is 20.3 Å². The Morgan fingerprint density at radius 1 is 1.47 bits per heavy atom. The van der Waals surface area contributed by atoms with Crippen LogP contribution in [0.15, 0.2) is 0 Å². The molecule has 0 aromatic heterocycles. The maximum absolute atomic E-state index is 11.9. The van der Waals surface area contributed by atoms with Crippen molar-refractivity contribution < 1.29 is 9.53 Å². The second kappa shape index (κ2) is 7.65. The van der Waals surface area contributed by atoms with Gasteiger partial charge < -0.3 is 15.4 Å². The third-order valence-electron chi connectivity index (χ3n) is 2.56. The van der Waals surface area contributed by atoms with Gasteiger partial charge in [0.25, 0.3) is 0 Å². The molecule has 0 heterocycles. The lowest BCUT2D eigenvalue weighted by Crippen LogP contribution is -2.43. The van der Waals surface area contributed by atoms with Crippen LogP contribution in [0.2, 0.25) is 0 Å². The number of hydrogen-bond acceptors (Lipinski definition) is 3. The molecule has 0 saturated carbocycles. The number of rotatable bonds is 7. The summed E-state index contributed by atoms with van der Waals surface area (Å²) in [6, 6.07) is 0.0952. The molecule has 15 heavy (non-hydrogen) atoms. The van der Waals surface area contributed by atoms with Crippen LogP contribution in [0.1, 0.15) is 33.6 Å². The number of hydrogen-bond donors (Lipinski definition) is 1. The summed E-state index contributed by atoms with van der Waals surface area (Å²) in [7, 11) is 1.65. The number of carbonyl (C=O) groups is 1. The first-order valence-corrected chi connectivity index (χ1v) is 5.60. The Balaban J connectivity index is 4.20. The number of amides is 1. The van der Waals surface area contributed by atoms with Gasteiger partial charge in [0.1, 0.15) is 0 Å². The van der Waals surface area contributed by atoms with Gasteiger partial charge in [-0.3, -0.25) is 4.79 Å². The van der Waals surface area contributed by atoms with Gasteiger partial charge in [-0.2, -0.15) is 0 Å². The molecule has 2 unspecified atom stereocenters. The summed E-state index contributed by atoms with van der Waals surface area (Å²) in [6.45, 7) is 7.23. The molecule has 1 amide bonds. The van der Waals surface area contributed by atoms with Crippen molar-refractivity contribution in [2.45, 2.75) is 45.7 Å². The zero-order valence-electron chi connectivity index (χ0n) is 10.3. The highest BCUT2D eigenvalue weighted by Crippen LogP contribution is 2.05. The first-order valence-electron chi connectivity index (χ1n) is 5.60. The van der Waals surface area contributed by atoms with Gasteiger partial charge in [0, 0.05) is 26.1 Å². The summed E-state index contributed by atoms with van der Waals surface area (Å²) >= 11 is 0. The molecule has 2 atom stereocenters. The molecule has 0 aromatic rings. The Hall–Kier alpha value is -0.610. The van der Waals surface area contributed by atoms with E-state index in [1.54, 1.807) is 7.11 Å². The number of nitrogens with two attached hydrogens (primary N) is 1. The highest BCUT2D eigenvalue weighted by Gasteiger charge is 2.19. The summed E-state index contributed by atoms with van der Waals surface area (Å²) in [5.41, 5.74) is 5.76. The van der Waals surface area contributed by atoms with Crippen LogP contribution in [-0.2, 0) is 9.53 Å². The molecule has 4 heteroatoms. The predicted octanol–water partition coefficient (Wildman–Crippen LogP) is 0.997.